The SMILES string of the molecule is CN1C(=O)CC(N2CCN(C(=O)Cc3ccccc3F)CC2)C1=O. The standard InChI is InChI=1S/C17H20FN3O3/c1-19-15(22)11-14(17(19)24)20-6-8-21(9-7-20)16(23)10-12-4-2-3-5-13(12)18/h2-5,14H,6-11H2,1H3. The average molecular weight is 333 g/mol. The summed E-state index contributed by atoms with van der Waals surface area (Å²) in [6.07, 6.45) is 0.245. The molecule has 1 aromatic rings. The van der Waals surface area contributed by atoms with Crippen LogP contribution in [0.15, 0.2) is 24.3 Å². The molecular weight excluding hydrogens is 313 g/mol. The van der Waals surface area contributed by atoms with E-state index in [0.717, 1.165) is 0 Å². The third kappa shape index (κ3) is 3.17. The van der Waals surface area contributed by atoms with Crippen molar-refractivity contribution in [3.63, 3.8) is 0 Å². The van der Waals surface area contributed by atoms with Crippen molar-refractivity contribution in [1.29, 1.82) is 0 Å². The van der Waals surface area contributed by atoms with Crippen molar-refractivity contribution in [2.75, 3.05) is 33.2 Å². The van der Waals surface area contributed by atoms with Gasteiger partial charge in [-0.1, -0.05) is 18.2 Å². The Labute approximate surface area is 139 Å². The normalized spacial score (nSPS) is 22.3. The van der Waals surface area contributed by atoms with Crippen LogP contribution in [0.5, 0.6) is 0 Å². The number of carbonyl (C=O) groups excluding carboxylic acids is 3. The number of amides is 3. The smallest absolute Gasteiger partial charge is 0.246 e. The number of piperazine rings is 1. The zero-order valence-electron chi connectivity index (χ0n) is 13.6. The number of hydrogen-bond acceptors (Lipinski definition) is 4. The maximum atomic E-state index is 13.6. The van der Waals surface area contributed by atoms with Crippen molar-refractivity contribution in [1.82, 2.24) is 14.7 Å². The number of rotatable bonds is 3. The molecule has 24 heavy (non-hydrogen) atoms. The lowest BCUT2D eigenvalue weighted by Crippen LogP contribution is -2.53. The van der Waals surface area contributed by atoms with Gasteiger partial charge in [-0.3, -0.25) is 24.2 Å². The minimum atomic E-state index is -0.411. The zero-order chi connectivity index (χ0) is 17.3. The van der Waals surface area contributed by atoms with E-state index < -0.39 is 6.04 Å². The predicted octanol–water partition coefficient (Wildman–Crippen LogP) is 0.270. The van der Waals surface area contributed by atoms with E-state index in [1.807, 2.05) is 4.90 Å². The summed E-state index contributed by atoms with van der Waals surface area (Å²) in [7, 11) is 1.50. The van der Waals surface area contributed by atoms with Crippen LogP contribution in [-0.4, -0.2) is 71.7 Å². The molecule has 0 aromatic heterocycles. The summed E-state index contributed by atoms with van der Waals surface area (Å²) in [6, 6.07) is 5.86. The maximum absolute atomic E-state index is 13.6. The molecule has 2 heterocycles. The van der Waals surface area contributed by atoms with Crippen molar-refractivity contribution in [3.8, 4) is 0 Å². The van der Waals surface area contributed by atoms with E-state index in [1.165, 1.54) is 18.0 Å². The molecule has 3 rings (SSSR count). The van der Waals surface area contributed by atoms with Gasteiger partial charge >= 0.3 is 0 Å². The lowest BCUT2D eigenvalue weighted by Gasteiger charge is -2.37. The molecule has 3 amide bonds. The molecule has 128 valence electrons. The minimum Gasteiger partial charge on any atom is -0.340 e. The van der Waals surface area contributed by atoms with Crippen LogP contribution in [0.3, 0.4) is 0 Å². The number of benzene rings is 1. The Morgan fingerprint density at radius 3 is 2.42 bits per heavy atom. The van der Waals surface area contributed by atoms with Crippen molar-refractivity contribution >= 4 is 17.7 Å². The van der Waals surface area contributed by atoms with Crippen LogP contribution in [0.4, 0.5) is 4.39 Å². The predicted molar refractivity (Wildman–Crippen MR) is 84.4 cm³/mol. The molecule has 2 saturated heterocycles. The highest BCUT2D eigenvalue weighted by atomic mass is 19.1. The van der Waals surface area contributed by atoms with Gasteiger partial charge in [0, 0.05) is 33.2 Å². The highest BCUT2D eigenvalue weighted by Crippen LogP contribution is 2.19. The van der Waals surface area contributed by atoms with Gasteiger partial charge in [-0.25, -0.2) is 4.39 Å². The summed E-state index contributed by atoms with van der Waals surface area (Å²) in [5.74, 6) is -0.831. The lowest BCUT2D eigenvalue weighted by molar-refractivity contribution is -0.138. The molecule has 2 fully saturated rings. The van der Waals surface area contributed by atoms with Crippen molar-refractivity contribution in [3.05, 3.63) is 35.6 Å². The van der Waals surface area contributed by atoms with E-state index in [4.69, 9.17) is 0 Å². The van der Waals surface area contributed by atoms with E-state index in [9.17, 15) is 18.8 Å². The molecule has 0 N–H and O–H groups in total. The Balaban J connectivity index is 1.55. The number of imide groups is 1. The second-order valence-electron chi connectivity index (χ2n) is 6.20. The molecule has 0 spiro atoms. The number of hydrogen-bond donors (Lipinski definition) is 0. The highest BCUT2D eigenvalue weighted by Gasteiger charge is 2.40. The third-order valence-corrected chi connectivity index (χ3v) is 4.76. The Kier molecular flexibility index (Phi) is 4.62. The topological polar surface area (TPSA) is 60.9 Å². The van der Waals surface area contributed by atoms with Gasteiger partial charge in [0.05, 0.1) is 18.9 Å². The summed E-state index contributed by atoms with van der Waals surface area (Å²) in [5, 5.41) is 0. The van der Waals surface area contributed by atoms with E-state index in [2.05, 4.69) is 0 Å². The molecule has 6 nitrogen and oxygen atoms in total. The molecule has 1 atom stereocenters. The number of carbonyl (C=O) groups is 3. The molecule has 7 heteroatoms. The first-order chi connectivity index (χ1) is 11.5. The van der Waals surface area contributed by atoms with Gasteiger partial charge in [-0.2, -0.15) is 0 Å². The van der Waals surface area contributed by atoms with Gasteiger partial charge < -0.3 is 4.90 Å². The fraction of sp³-hybridized carbons (Fsp3) is 0.471. The Morgan fingerprint density at radius 2 is 1.83 bits per heavy atom. The Morgan fingerprint density at radius 1 is 1.17 bits per heavy atom. The first-order valence-electron chi connectivity index (χ1n) is 8.03. The summed E-state index contributed by atoms with van der Waals surface area (Å²) < 4.78 is 13.6. The van der Waals surface area contributed by atoms with Gasteiger partial charge in [0.2, 0.25) is 17.7 Å². The molecule has 0 aliphatic carbocycles. The molecule has 0 radical (unpaired) electrons. The van der Waals surface area contributed by atoms with Gasteiger partial charge in [-0.15, -0.1) is 0 Å². The number of halogens is 1. The van der Waals surface area contributed by atoms with Gasteiger partial charge in [-0.05, 0) is 11.6 Å². The quantitative estimate of drug-likeness (QED) is 0.745. The summed E-state index contributed by atoms with van der Waals surface area (Å²) in [4.78, 5) is 40.8. The van der Waals surface area contributed by atoms with Gasteiger partial charge in [0.1, 0.15) is 5.82 Å². The fourth-order valence-corrected chi connectivity index (χ4v) is 3.22. The Bertz CT molecular complexity index is 671. The van der Waals surface area contributed by atoms with E-state index in [-0.39, 0.29) is 36.4 Å². The van der Waals surface area contributed by atoms with E-state index in [1.54, 1.807) is 23.1 Å². The van der Waals surface area contributed by atoms with Crippen LogP contribution in [0, 0.1) is 5.82 Å². The van der Waals surface area contributed by atoms with Crippen molar-refractivity contribution < 1.29 is 18.8 Å². The first kappa shape index (κ1) is 16.6. The number of likely N-dealkylation sites (tertiary alicyclic amines) is 1. The molecule has 2 aliphatic rings. The maximum Gasteiger partial charge on any atom is 0.246 e. The molecule has 1 aromatic carbocycles. The summed E-state index contributed by atoms with van der Waals surface area (Å²) in [6.45, 7) is 2.05. The van der Waals surface area contributed by atoms with Crippen LogP contribution in [0.25, 0.3) is 0 Å². The molecule has 1 unspecified atom stereocenters. The van der Waals surface area contributed by atoms with Crippen LogP contribution in [-0.2, 0) is 20.8 Å². The number of nitrogens with zero attached hydrogens (tertiary/aromatic N) is 3. The highest BCUT2D eigenvalue weighted by molar-refractivity contribution is 6.05. The van der Waals surface area contributed by atoms with Gasteiger partial charge in [0.15, 0.2) is 0 Å². The third-order valence-electron chi connectivity index (χ3n) is 4.76. The average Bonchev–Trinajstić information content (AvgIpc) is 2.84. The Hall–Kier alpha value is -2.28. The monoisotopic (exact) mass is 333 g/mol. The van der Waals surface area contributed by atoms with Crippen molar-refractivity contribution in [2.45, 2.75) is 18.9 Å². The largest absolute Gasteiger partial charge is 0.340 e. The molecule has 0 saturated carbocycles. The molecule has 2 aliphatic heterocycles. The second kappa shape index (κ2) is 6.68. The summed E-state index contributed by atoms with van der Waals surface area (Å²) >= 11 is 0. The van der Waals surface area contributed by atoms with Crippen LogP contribution in [0.1, 0.15) is 12.0 Å². The minimum absolute atomic E-state index is 0.0380. The molecule has 0 bridgehead atoms. The van der Waals surface area contributed by atoms with Gasteiger partial charge in [0.25, 0.3) is 0 Å². The lowest BCUT2D eigenvalue weighted by atomic mass is 10.1. The van der Waals surface area contributed by atoms with Crippen LogP contribution >= 0.6 is 0 Å². The second-order valence-corrected chi connectivity index (χ2v) is 6.20. The zero-order valence-corrected chi connectivity index (χ0v) is 13.6. The number of likely N-dealkylation sites (N-methyl/N-ethyl adjacent to an activating group) is 1. The first-order valence-corrected chi connectivity index (χ1v) is 8.03. The fourth-order valence-electron chi connectivity index (χ4n) is 3.22. The van der Waals surface area contributed by atoms with E-state index >= 15 is 0 Å². The summed E-state index contributed by atoms with van der Waals surface area (Å²) in [5.41, 5.74) is 0.392. The van der Waals surface area contributed by atoms with E-state index in [0.29, 0.717) is 31.7 Å². The van der Waals surface area contributed by atoms with Crippen molar-refractivity contribution in [2.24, 2.45) is 0 Å². The van der Waals surface area contributed by atoms with Crippen LogP contribution < -0.4 is 0 Å². The van der Waals surface area contributed by atoms with Crippen LogP contribution in [0.2, 0.25) is 0 Å². The molecular formula is C17H20FN3O3.